The highest BCUT2D eigenvalue weighted by Crippen LogP contribution is 2.31. The second kappa shape index (κ2) is 5.45. The molecule has 0 aliphatic carbocycles. The highest BCUT2D eigenvalue weighted by atomic mass is 19.1. The number of hydrazine groups is 1. The lowest BCUT2D eigenvalue weighted by Crippen LogP contribution is -2.13. The van der Waals surface area contributed by atoms with Crippen molar-refractivity contribution in [2.45, 2.75) is 6.92 Å². The number of hydrogen-bond donors (Lipinski definition) is 3. The number of halogens is 1. The van der Waals surface area contributed by atoms with Crippen molar-refractivity contribution in [1.29, 1.82) is 0 Å². The number of nitro groups is 1. The fourth-order valence-corrected chi connectivity index (χ4v) is 1.61. The van der Waals surface area contributed by atoms with E-state index in [-0.39, 0.29) is 11.6 Å². The predicted molar refractivity (Wildman–Crippen MR) is 70.9 cm³/mol. The molecule has 9 heteroatoms. The first-order valence-corrected chi connectivity index (χ1v) is 5.52. The molecule has 1 aromatic heterocycles. The van der Waals surface area contributed by atoms with E-state index in [1.165, 1.54) is 12.1 Å². The van der Waals surface area contributed by atoms with Gasteiger partial charge in [-0.15, -0.1) is 0 Å². The zero-order chi connectivity index (χ0) is 14.7. The third-order valence-corrected chi connectivity index (χ3v) is 2.59. The van der Waals surface area contributed by atoms with E-state index in [1.807, 2.05) is 0 Å². The van der Waals surface area contributed by atoms with Crippen LogP contribution in [0.25, 0.3) is 0 Å². The van der Waals surface area contributed by atoms with Gasteiger partial charge in [0, 0.05) is 5.69 Å². The summed E-state index contributed by atoms with van der Waals surface area (Å²) < 4.78 is 13.2. The Labute approximate surface area is 113 Å². The van der Waals surface area contributed by atoms with Gasteiger partial charge in [0.2, 0.25) is 11.6 Å². The fourth-order valence-electron chi connectivity index (χ4n) is 1.61. The monoisotopic (exact) mass is 278 g/mol. The van der Waals surface area contributed by atoms with E-state index in [1.54, 1.807) is 13.0 Å². The number of aromatic nitrogens is 2. The molecule has 0 spiro atoms. The van der Waals surface area contributed by atoms with Gasteiger partial charge < -0.3 is 10.7 Å². The summed E-state index contributed by atoms with van der Waals surface area (Å²) in [4.78, 5) is 17.8. The summed E-state index contributed by atoms with van der Waals surface area (Å²) in [6.45, 7) is 1.73. The van der Waals surface area contributed by atoms with Crippen molar-refractivity contribution in [1.82, 2.24) is 9.97 Å². The molecule has 2 rings (SSSR count). The largest absolute Gasteiger partial charge is 0.354 e. The Morgan fingerprint density at radius 1 is 1.35 bits per heavy atom. The molecule has 0 bridgehead atoms. The van der Waals surface area contributed by atoms with Gasteiger partial charge in [0.05, 0.1) is 4.92 Å². The number of nitrogens with one attached hydrogen (secondary N) is 2. The Balaban J connectivity index is 2.48. The second-order valence-corrected chi connectivity index (χ2v) is 3.91. The Bertz CT molecular complexity index is 663. The van der Waals surface area contributed by atoms with Crippen molar-refractivity contribution >= 4 is 23.0 Å². The molecule has 0 amide bonds. The maximum atomic E-state index is 13.2. The number of aryl methyl sites for hydroxylation is 1. The van der Waals surface area contributed by atoms with Crippen LogP contribution in [0.3, 0.4) is 0 Å². The number of nitrogens with zero attached hydrogens (tertiary/aromatic N) is 3. The van der Waals surface area contributed by atoms with E-state index in [0.29, 0.717) is 11.3 Å². The van der Waals surface area contributed by atoms with E-state index in [0.717, 1.165) is 6.33 Å². The number of nitrogen functional groups attached to an aromatic ring is 1. The average molecular weight is 278 g/mol. The summed E-state index contributed by atoms with van der Waals surface area (Å²) in [6.07, 6.45) is 1.11. The molecule has 4 N–H and O–H groups in total. The van der Waals surface area contributed by atoms with Crippen LogP contribution in [-0.2, 0) is 0 Å². The molecule has 1 heterocycles. The van der Waals surface area contributed by atoms with E-state index >= 15 is 0 Å². The molecule has 104 valence electrons. The quantitative estimate of drug-likeness (QED) is 0.443. The van der Waals surface area contributed by atoms with Crippen molar-refractivity contribution in [3.8, 4) is 0 Å². The van der Waals surface area contributed by atoms with Gasteiger partial charge >= 0.3 is 5.69 Å². The molecule has 20 heavy (non-hydrogen) atoms. The van der Waals surface area contributed by atoms with Crippen molar-refractivity contribution < 1.29 is 9.31 Å². The molecule has 8 nitrogen and oxygen atoms in total. The highest BCUT2D eigenvalue weighted by molar-refractivity contribution is 5.74. The van der Waals surface area contributed by atoms with Gasteiger partial charge in [-0.2, -0.15) is 0 Å². The Kier molecular flexibility index (Phi) is 3.71. The summed E-state index contributed by atoms with van der Waals surface area (Å²) in [5.41, 5.74) is 2.78. The molecule has 0 atom stereocenters. The zero-order valence-electron chi connectivity index (χ0n) is 10.4. The van der Waals surface area contributed by atoms with Gasteiger partial charge in [-0.3, -0.25) is 10.1 Å². The lowest BCUT2D eigenvalue weighted by atomic mass is 10.2. The molecule has 0 unspecified atom stereocenters. The minimum atomic E-state index is -0.674. The molecular weight excluding hydrogens is 267 g/mol. The third kappa shape index (κ3) is 2.62. The first-order valence-electron chi connectivity index (χ1n) is 5.52. The van der Waals surface area contributed by atoms with E-state index in [2.05, 4.69) is 20.7 Å². The molecular formula is C11H11FN6O2. The van der Waals surface area contributed by atoms with Crippen LogP contribution in [0.4, 0.5) is 27.4 Å². The minimum Gasteiger partial charge on any atom is -0.334 e. The van der Waals surface area contributed by atoms with Crippen molar-refractivity contribution in [2.75, 3.05) is 10.7 Å². The molecule has 0 aliphatic heterocycles. The van der Waals surface area contributed by atoms with Gasteiger partial charge in [-0.1, -0.05) is 6.07 Å². The number of nitrogens with two attached hydrogens (primary N) is 1. The molecule has 2 aromatic rings. The normalized spacial score (nSPS) is 10.2. The maximum Gasteiger partial charge on any atom is 0.354 e. The zero-order valence-corrected chi connectivity index (χ0v) is 10.4. The SMILES string of the molecule is Cc1ccc(F)cc1Nc1ncnc(NN)c1[N+](=O)[O-]. The van der Waals surface area contributed by atoms with Crippen LogP contribution in [0.5, 0.6) is 0 Å². The molecule has 0 radical (unpaired) electrons. The molecule has 0 saturated carbocycles. The van der Waals surface area contributed by atoms with Crippen LogP contribution in [0, 0.1) is 22.9 Å². The lowest BCUT2D eigenvalue weighted by molar-refractivity contribution is -0.383. The topological polar surface area (TPSA) is 119 Å². The summed E-state index contributed by atoms with van der Waals surface area (Å²) in [7, 11) is 0. The van der Waals surface area contributed by atoms with Gasteiger partial charge in [-0.25, -0.2) is 20.2 Å². The summed E-state index contributed by atoms with van der Waals surface area (Å²) >= 11 is 0. The Hall–Kier alpha value is -2.81. The third-order valence-electron chi connectivity index (χ3n) is 2.59. The van der Waals surface area contributed by atoms with Gasteiger partial charge in [0.1, 0.15) is 12.1 Å². The van der Waals surface area contributed by atoms with E-state index in [9.17, 15) is 14.5 Å². The minimum absolute atomic E-state index is 0.0772. The Morgan fingerprint density at radius 2 is 2.05 bits per heavy atom. The summed E-state index contributed by atoms with van der Waals surface area (Å²) in [6, 6.07) is 4.06. The van der Waals surface area contributed by atoms with Crippen molar-refractivity contribution in [3.05, 3.63) is 46.0 Å². The van der Waals surface area contributed by atoms with Crippen molar-refractivity contribution in [3.63, 3.8) is 0 Å². The number of benzene rings is 1. The first kappa shape index (κ1) is 13.6. The van der Waals surface area contributed by atoms with Crippen LogP contribution in [0.15, 0.2) is 24.5 Å². The molecule has 1 aromatic carbocycles. The molecule has 0 aliphatic rings. The first-order chi connectivity index (χ1) is 9.52. The van der Waals surface area contributed by atoms with Crippen LogP contribution in [-0.4, -0.2) is 14.9 Å². The summed E-state index contributed by atoms with van der Waals surface area (Å²) in [5, 5.41) is 13.8. The standard InChI is InChI=1S/C11H11FN6O2/c1-6-2-3-7(12)4-8(6)16-10-9(18(19)20)11(17-13)15-5-14-10/h2-5H,13H2,1H3,(H2,14,15,16,17). The number of hydrogen-bond acceptors (Lipinski definition) is 7. The summed E-state index contributed by atoms with van der Waals surface area (Å²) in [5.74, 6) is 4.49. The second-order valence-electron chi connectivity index (χ2n) is 3.91. The van der Waals surface area contributed by atoms with Crippen LogP contribution >= 0.6 is 0 Å². The van der Waals surface area contributed by atoms with E-state index in [4.69, 9.17) is 5.84 Å². The van der Waals surface area contributed by atoms with Crippen molar-refractivity contribution in [2.24, 2.45) is 5.84 Å². The predicted octanol–water partition coefficient (Wildman–Crippen LogP) is 1.86. The fraction of sp³-hybridized carbons (Fsp3) is 0.0909. The van der Waals surface area contributed by atoms with Crippen LogP contribution in [0.2, 0.25) is 0 Å². The molecule has 0 saturated heterocycles. The number of anilines is 3. The lowest BCUT2D eigenvalue weighted by Gasteiger charge is -2.10. The average Bonchev–Trinajstić information content (AvgIpc) is 2.42. The van der Waals surface area contributed by atoms with Gasteiger partial charge in [0.15, 0.2) is 0 Å². The smallest absolute Gasteiger partial charge is 0.334 e. The van der Waals surface area contributed by atoms with E-state index < -0.39 is 16.4 Å². The number of rotatable bonds is 4. The highest BCUT2D eigenvalue weighted by Gasteiger charge is 2.22. The Morgan fingerprint density at radius 3 is 2.70 bits per heavy atom. The van der Waals surface area contributed by atoms with Crippen LogP contribution in [0.1, 0.15) is 5.56 Å². The maximum absolute atomic E-state index is 13.2. The van der Waals surface area contributed by atoms with Gasteiger partial charge in [-0.05, 0) is 24.6 Å². The van der Waals surface area contributed by atoms with Crippen LogP contribution < -0.4 is 16.6 Å². The molecule has 0 fully saturated rings. The van der Waals surface area contributed by atoms with Gasteiger partial charge in [0.25, 0.3) is 0 Å².